The van der Waals surface area contributed by atoms with Crippen LogP contribution in [0.2, 0.25) is 0 Å². The van der Waals surface area contributed by atoms with E-state index in [2.05, 4.69) is 0 Å². The minimum Gasteiger partial charge on any atom is -0.478 e. The van der Waals surface area contributed by atoms with E-state index < -0.39 is 23.6 Å². The minimum atomic E-state index is -4.35. The second kappa shape index (κ2) is 5.59. The first-order valence-electron chi connectivity index (χ1n) is 6.18. The molecule has 1 aromatic rings. The summed E-state index contributed by atoms with van der Waals surface area (Å²) in [4.78, 5) is 24.1. The molecular formula is C14H12F3NO3. The lowest BCUT2D eigenvalue weighted by Crippen LogP contribution is -2.36. The molecule has 0 fully saturated rings. The van der Waals surface area contributed by atoms with Crippen molar-refractivity contribution in [3.8, 4) is 0 Å². The zero-order chi connectivity index (χ0) is 15.6. The third-order valence-electron chi connectivity index (χ3n) is 3.24. The summed E-state index contributed by atoms with van der Waals surface area (Å²) in [6.07, 6.45) is -3.58. The van der Waals surface area contributed by atoms with Crippen molar-refractivity contribution in [2.24, 2.45) is 0 Å². The number of carboxylic acids is 1. The average Bonchev–Trinajstić information content (AvgIpc) is 2.46. The molecule has 1 aromatic carbocycles. The zero-order valence-corrected chi connectivity index (χ0v) is 10.9. The van der Waals surface area contributed by atoms with Crippen molar-refractivity contribution in [2.45, 2.75) is 12.6 Å². The predicted octanol–water partition coefficient (Wildman–Crippen LogP) is 2.72. The third kappa shape index (κ3) is 3.42. The lowest BCUT2D eigenvalue weighted by atomic mass is 10.1. The number of benzene rings is 1. The van der Waals surface area contributed by atoms with Crippen molar-refractivity contribution in [2.75, 3.05) is 13.1 Å². The monoisotopic (exact) mass is 299 g/mol. The fourth-order valence-electron chi connectivity index (χ4n) is 2.05. The summed E-state index contributed by atoms with van der Waals surface area (Å²) >= 11 is 0. The van der Waals surface area contributed by atoms with Crippen molar-refractivity contribution in [3.05, 3.63) is 47.0 Å². The van der Waals surface area contributed by atoms with Gasteiger partial charge in [-0.15, -0.1) is 0 Å². The van der Waals surface area contributed by atoms with Crippen LogP contribution in [-0.4, -0.2) is 41.1 Å². The first-order valence-corrected chi connectivity index (χ1v) is 6.18. The number of amides is 1. The Balaban J connectivity index is 2.08. The first kappa shape index (κ1) is 15.1. The van der Waals surface area contributed by atoms with Crippen LogP contribution in [0.4, 0.5) is 13.2 Å². The molecular weight excluding hydrogens is 287 g/mol. The standard InChI is InChI=1S/C14H12F3NO3/c15-14(16,17)11-5-7-18(8-6-11)12(19)9-1-3-10(4-2-9)13(20)21/h1-5H,6-8H2,(H,20,21). The number of rotatable bonds is 2. The molecule has 1 heterocycles. The second-order valence-electron chi connectivity index (χ2n) is 4.61. The van der Waals surface area contributed by atoms with Crippen LogP contribution in [0.15, 0.2) is 35.9 Å². The molecule has 0 bridgehead atoms. The maximum absolute atomic E-state index is 12.5. The maximum Gasteiger partial charge on any atom is 0.412 e. The Morgan fingerprint density at radius 3 is 2.10 bits per heavy atom. The van der Waals surface area contributed by atoms with Gasteiger partial charge in [-0.05, 0) is 30.7 Å². The average molecular weight is 299 g/mol. The van der Waals surface area contributed by atoms with Crippen LogP contribution in [0.1, 0.15) is 27.1 Å². The molecule has 0 atom stereocenters. The fraction of sp³-hybridized carbons (Fsp3) is 0.286. The number of carbonyl (C=O) groups is 2. The summed E-state index contributed by atoms with van der Waals surface area (Å²) in [5.41, 5.74) is -0.318. The highest BCUT2D eigenvalue weighted by Gasteiger charge is 2.35. The molecule has 4 nitrogen and oxygen atoms in total. The number of hydrogen-bond donors (Lipinski definition) is 1. The molecule has 112 valence electrons. The lowest BCUT2D eigenvalue weighted by Gasteiger charge is -2.27. The molecule has 1 N–H and O–H groups in total. The molecule has 0 saturated carbocycles. The van der Waals surface area contributed by atoms with Crippen molar-refractivity contribution >= 4 is 11.9 Å². The Morgan fingerprint density at radius 2 is 1.67 bits per heavy atom. The van der Waals surface area contributed by atoms with Gasteiger partial charge in [0.15, 0.2) is 0 Å². The molecule has 7 heteroatoms. The molecule has 0 radical (unpaired) electrons. The molecule has 0 spiro atoms. The van der Waals surface area contributed by atoms with Gasteiger partial charge >= 0.3 is 12.1 Å². The highest BCUT2D eigenvalue weighted by molar-refractivity contribution is 5.96. The fourth-order valence-corrected chi connectivity index (χ4v) is 2.05. The van der Waals surface area contributed by atoms with Crippen LogP contribution >= 0.6 is 0 Å². The van der Waals surface area contributed by atoms with Crippen molar-refractivity contribution < 1.29 is 27.9 Å². The summed E-state index contributed by atoms with van der Waals surface area (Å²) in [5, 5.41) is 8.76. The van der Waals surface area contributed by atoms with E-state index in [1.807, 2.05) is 0 Å². The van der Waals surface area contributed by atoms with E-state index in [4.69, 9.17) is 5.11 Å². The summed E-state index contributed by atoms with van der Waals surface area (Å²) < 4.78 is 37.5. The van der Waals surface area contributed by atoms with Crippen molar-refractivity contribution in [3.63, 3.8) is 0 Å². The molecule has 0 unspecified atom stereocenters. The quantitative estimate of drug-likeness (QED) is 0.854. The van der Waals surface area contributed by atoms with Gasteiger partial charge in [0.25, 0.3) is 5.91 Å². The Bertz CT molecular complexity index is 590. The Hall–Kier alpha value is -2.31. The maximum atomic E-state index is 12.5. The molecule has 1 aliphatic rings. The van der Waals surface area contributed by atoms with Crippen LogP contribution in [0, 0.1) is 0 Å². The molecule has 1 aliphatic heterocycles. The van der Waals surface area contributed by atoms with Crippen LogP contribution in [-0.2, 0) is 0 Å². The highest BCUT2D eigenvalue weighted by atomic mass is 19.4. The summed E-state index contributed by atoms with van der Waals surface area (Å²) in [6, 6.07) is 5.29. The number of hydrogen-bond acceptors (Lipinski definition) is 2. The largest absolute Gasteiger partial charge is 0.478 e. The molecule has 0 saturated heterocycles. The van der Waals surface area contributed by atoms with Gasteiger partial charge in [-0.25, -0.2) is 4.79 Å². The van der Waals surface area contributed by atoms with Gasteiger partial charge in [0.2, 0.25) is 0 Å². The molecule has 0 aliphatic carbocycles. The number of halogens is 3. The Labute approximate surface area is 118 Å². The Morgan fingerprint density at radius 1 is 1.10 bits per heavy atom. The summed E-state index contributed by atoms with van der Waals surface area (Å²) in [7, 11) is 0. The number of aromatic carboxylic acids is 1. The van der Waals surface area contributed by atoms with Gasteiger partial charge in [-0.2, -0.15) is 13.2 Å². The van der Waals surface area contributed by atoms with E-state index in [-0.39, 0.29) is 30.6 Å². The number of carboxylic acid groups (broad SMARTS) is 1. The molecule has 0 aromatic heterocycles. The first-order chi connectivity index (χ1) is 9.79. The van der Waals surface area contributed by atoms with Gasteiger partial charge in [0.05, 0.1) is 5.56 Å². The SMILES string of the molecule is O=C(O)c1ccc(C(=O)N2CC=C(C(F)(F)F)CC2)cc1. The minimum absolute atomic E-state index is 0.00907. The number of carbonyl (C=O) groups excluding carboxylic acids is 1. The van der Waals surface area contributed by atoms with E-state index in [0.29, 0.717) is 0 Å². The van der Waals surface area contributed by atoms with Gasteiger partial charge < -0.3 is 10.0 Å². The van der Waals surface area contributed by atoms with E-state index in [9.17, 15) is 22.8 Å². The lowest BCUT2D eigenvalue weighted by molar-refractivity contribution is -0.0957. The molecule has 21 heavy (non-hydrogen) atoms. The summed E-state index contributed by atoms with van der Waals surface area (Å²) in [6.45, 7) is -0.112. The Kier molecular flexibility index (Phi) is 4.02. The second-order valence-corrected chi connectivity index (χ2v) is 4.61. The van der Waals surface area contributed by atoms with E-state index >= 15 is 0 Å². The van der Waals surface area contributed by atoms with Gasteiger partial charge in [-0.3, -0.25) is 4.79 Å². The van der Waals surface area contributed by atoms with Crippen LogP contribution < -0.4 is 0 Å². The van der Waals surface area contributed by atoms with Crippen LogP contribution in [0.25, 0.3) is 0 Å². The van der Waals surface area contributed by atoms with Crippen molar-refractivity contribution in [1.82, 2.24) is 4.90 Å². The summed E-state index contributed by atoms with van der Waals surface area (Å²) in [5.74, 6) is -1.52. The normalized spacial score (nSPS) is 15.6. The smallest absolute Gasteiger partial charge is 0.412 e. The topological polar surface area (TPSA) is 57.6 Å². The predicted molar refractivity (Wildman–Crippen MR) is 68.1 cm³/mol. The van der Waals surface area contributed by atoms with Gasteiger partial charge in [0, 0.05) is 24.2 Å². The van der Waals surface area contributed by atoms with Gasteiger partial charge in [0.1, 0.15) is 0 Å². The van der Waals surface area contributed by atoms with Gasteiger partial charge in [-0.1, -0.05) is 6.08 Å². The number of nitrogens with zero attached hydrogens (tertiary/aromatic N) is 1. The van der Waals surface area contributed by atoms with Crippen LogP contribution in [0.3, 0.4) is 0 Å². The van der Waals surface area contributed by atoms with E-state index in [1.165, 1.54) is 29.2 Å². The van der Waals surface area contributed by atoms with E-state index in [0.717, 1.165) is 6.08 Å². The number of alkyl halides is 3. The van der Waals surface area contributed by atoms with Crippen LogP contribution in [0.5, 0.6) is 0 Å². The molecule has 1 amide bonds. The zero-order valence-electron chi connectivity index (χ0n) is 10.9. The van der Waals surface area contributed by atoms with Crippen molar-refractivity contribution in [1.29, 1.82) is 0 Å². The molecule has 2 rings (SSSR count). The third-order valence-corrected chi connectivity index (χ3v) is 3.24. The van der Waals surface area contributed by atoms with E-state index in [1.54, 1.807) is 0 Å². The highest BCUT2D eigenvalue weighted by Crippen LogP contribution is 2.30.